The van der Waals surface area contributed by atoms with Crippen molar-refractivity contribution in [3.8, 4) is 0 Å². The summed E-state index contributed by atoms with van der Waals surface area (Å²) in [5, 5.41) is 9.36. The lowest BCUT2D eigenvalue weighted by molar-refractivity contribution is -0.910. The molecule has 1 N–H and O–H groups in total. The van der Waals surface area contributed by atoms with Crippen molar-refractivity contribution < 1.29 is 9.94 Å². The molecule has 2 rings (SSSR count). The van der Waals surface area contributed by atoms with E-state index < -0.39 is 0 Å². The summed E-state index contributed by atoms with van der Waals surface area (Å²) in [4.78, 5) is 0. The van der Waals surface area contributed by atoms with Crippen molar-refractivity contribution in [1.82, 2.24) is 0 Å². The highest BCUT2D eigenvalue weighted by molar-refractivity contribution is 5.06. The van der Waals surface area contributed by atoms with Gasteiger partial charge in [0.15, 0.2) is 0 Å². The number of hydrogen-bond donors (Lipinski definition) is 1. The molecule has 0 saturated heterocycles. The Labute approximate surface area is 66.1 Å². The van der Waals surface area contributed by atoms with Gasteiger partial charge in [-0.15, -0.1) is 0 Å². The van der Waals surface area contributed by atoms with Crippen LogP contribution in [0.2, 0.25) is 0 Å². The lowest BCUT2D eigenvalue weighted by Crippen LogP contribution is -2.37. The predicted octanol–water partition coefficient (Wildman–Crippen LogP) is 1.48. The summed E-state index contributed by atoms with van der Waals surface area (Å²) in [6.45, 7) is 0. The average molecular weight is 150 g/mol. The minimum Gasteiger partial charge on any atom is -0.285 e. The standard InChI is InChI=1S/C9H12NO/c11-10-7-2-1-6-9(10)8-4-3-5-8/h1-2,6-8,11H,3-5H2/q+1. The lowest BCUT2D eigenvalue weighted by Gasteiger charge is -2.20. The van der Waals surface area contributed by atoms with E-state index in [-0.39, 0.29) is 0 Å². The van der Waals surface area contributed by atoms with Crippen LogP contribution in [0.1, 0.15) is 30.9 Å². The summed E-state index contributed by atoms with van der Waals surface area (Å²) in [5.74, 6) is 0.598. The van der Waals surface area contributed by atoms with Crippen LogP contribution in [-0.2, 0) is 0 Å². The van der Waals surface area contributed by atoms with Crippen LogP contribution in [-0.4, -0.2) is 5.21 Å². The second kappa shape index (κ2) is 2.53. The second-order valence-corrected chi connectivity index (χ2v) is 3.10. The molecule has 0 bridgehead atoms. The zero-order chi connectivity index (χ0) is 7.68. The quantitative estimate of drug-likeness (QED) is 0.476. The van der Waals surface area contributed by atoms with Gasteiger partial charge in [0.2, 0.25) is 11.9 Å². The zero-order valence-electron chi connectivity index (χ0n) is 6.40. The van der Waals surface area contributed by atoms with Crippen molar-refractivity contribution in [2.75, 3.05) is 0 Å². The van der Waals surface area contributed by atoms with Gasteiger partial charge >= 0.3 is 0 Å². The van der Waals surface area contributed by atoms with E-state index in [2.05, 4.69) is 0 Å². The van der Waals surface area contributed by atoms with Gasteiger partial charge in [-0.05, 0) is 18.9 Å². The first kappa shape index (κ1) is 6.65. The molecule has 1 aromatic heterocycles. The number of rotatable bonds is 1. The molecule has 1 heterocycles. The topological polar surface area (TPSA) is 24.1 Å². The summed E-state index contributed by atoms with van der Waals surface area (Å²) in [7, 11) is 0. The fourth-order valence-electron chi connectivity index (χ4n) is 1.47. The molecule has 58 valence electrons. The largest absolute Gasteiger partial charge is 0.285 e. The van der Waals surface area contributed by atoms with E-state index in [1.807, 2.05) is 18.2 Å². The van der Waals surface area contributed by atoms with Crippen LogP contribution in [0.4, 0.5) is 0 Å². The highest BCUT2D eigenvalue weighted by atomic mass is 16.5. The molecular formula is C9H12NO+. The number of pyridine rings is 1. The molecule has 1 aliphatic carbocycles. The van der Waals surface area contributed by atoms with Gasteiger partial charge in [-0.3, -0.25) is 5.21 Å². The molecule has 2 nitrogen and oxygen atoms in total. The van der Waals surface area contributed by atoms with Crippen molar-refractivity contribution in [3.05, 3.63) is 30.1 Å². The fraction of sp³-hybridized carbons (Fsp3) is 0.444. The van der Waals surface area contributed by atoms with E-state index in [4.69, 9.17) is 0 Å². The van der Waals surface area contributed by atoms with Gasteiger partial charge in [-0.2, -0.15) is 0 Å². The highest BCUT2D eigenvalue weighted by Crippen LogP contribution is 2.33. The van der Waals surface area contributed by atoms with E-state index in [0.29, 0.717) is 5.92 Å². The minimum absolute atomic E-state index is 0.598. The number of hydrogen-bond acceptors (Lipinski definition) is 1. The Balaban J connectivity index is 2.28. The second-order valence-electron chi connectivity index (χ2n) is 3.10. The summed E-state index contributed by atoms with van der Waals surface area (Å²) < 4.78 is 1.24. The molecule has 1 saturated carbocycles. The molecule has 1 fully saturated rings. The van der Waals surface area contributed by atoms with E-state index in [9.17, 15) is 5.21 Å². The Morgan fingerprint density at radius 1 is 1.36 bits per heavy atom. The van der Waals surface area contributed by atoms with E-state index >= 15 is 0 Å². The first-order valence-electron chi connectivity index (χ1n) is 4.08. The summed E-state index contributed by atoms with van der Waals surface area (Å²) in [6, 6.07) is 5.80. The molecule has 11 heavy (non-hydrogen) atoms. The first-order valence-corrected chi connectivity index (χ1v) is 4.08. The molecule has 0 atom stereocenters. The Hall–Kier alpha value is -1.05. The van der Waals surface area contributed by atoms with Gasteiger partial charge in [0.05, 0.1) is 0 Å². The Morgan fingerprint density at radius 3 is 2.73 bits per heavy atom. The highest BCUT2D eigenvalue weighted by Gasteiger charge is 2.27. The van der Waals surface area contributed by atoms with Gasteiger partial charge in [0.25, 0.3) is 0 Å². The molecule has 2 heteroatoms. The van der Waals surface area contributed by atoms with Crippen LogP contribution in [0.5, 0.6) is 0 Å². The molecule has 0 aromatic carbocycles. The molecule has 1 aliphatic rings. The maximum Gasteiger partial charge on any atom is 0.237 e. The summed E-state index contributed by atoms with van der Waals surface area (Å²) in [5.41, 5.74) is 1.05. The Bertz CT molecular complexity index is 255. The average Bonchev–Trinajstić information content (AvgIpc) is 1.90. The molecule has 0 aliphatic heterocycles. The first-order chi connectivity index (χ1) is 5.38. The lowest BCUT2D eigenvalue weighted by atomic mass is 9.83. The van der Waals surface area contributed by atoms with Crippen molar-refractivity contribution >= 4 is 0 Å². The third-order valence-corrected chi connectivity index (χ3v) is 2.39. The van der Waals surface area contributed by atoms with Crippen LogP contribution in [0, 0.1) is 0 Å². The smallest absolute Gasteiger partial charge is 0.237 e. The SMILES string of the molecule is O[n+]1ccccc1C1CCC1. The molecular weight excluding hydrogens is 138 g/mol. The van der Waals surface area contributed by atoms with Crippen LogP contribution in [0.15, 0.2) is 24.4 Å². The fourth-order valence-corrected chi connectivity index (χ4v) is 1.47. The van der Waals surface area contributed by atoms with Gasteiger partial charge in [-0.1, -0.05) is 6.42 Å². The maximum absolute atomic E-state index is 9.36. The zero-order valence-corrected chi connectivity index (χ0v) is 6.40. The van der Waals surface area contributed by atoms with Gasteiger partial charge in [0, 0.05) is 22.8 Å². The number of aromatic nitrogens is 1. The van der Waals surface area contributed by atoms with E-state index in [1.165, 1.54) is 24.0 Å². The Morgan fingerprint density at radius 2 is 2.18 bits per heavy atom. The molecule has 0 unspecified atom stereocenters. The number of nitrogens with zero attached hydrogens (tertiary/aromatic N) is 1. The monoisotopic (exact) mass is 150 g/mol. The summed E-state index contributed by atoms with van der Waals surface area (Å²) in [6.07, 6.45) is 5.45. The third kappa shape index (κ3) is 1.09. The van der Waals surface area contributed by atoms with Crippen LogP contribution in [0.25, 0.3) is 0 Å². The van der Waals surface area contributed by atoms with Crippen LogP contribution >= 0.6 is 0 Å². The molecule has 0 spiro atoms. The van der Waals surface area contributed by atoms with Crippen LogP contribution in [0.3, 0.4) is 0 Å². The summed E-state index contributed by atoms with van der Waals surface area (Å²) >= 11 is 0. The van der Waals surface area contributed by atoms with E-state index in [0.717, 1.165) is 5.69 Å². The van der Waals surface area contributed by atoms with Crippen molar-refractivity contribution in [2.24, 2.45) is 0 Å². The van der Waals surface area contributed by atoms with E-state index in [1.54, 1.807) is 6.20 Å². The van der Waals surface area contributed by atoms with Gasteiger partial charge < -0.3 is 0 Å². The van der Waals surface area contributed by atoms with Gasteiger partial charge in [0.1, 0.15) is 0 Å². The van der Waals surface area contributed by atoms with Crippen molar-refractivity contribution in [1.29, 1.82) is 0 Å². The molecule has 1 aromatic rings. The predicted molar refractivity (Wildman–Crippen MR) is 40.4 cm³/mol. The normalized spacial score (nSPS) is 17.8. The Kier molecular flexibility index (Phi) is 1.53. The van der Waals surface area contributed by atoms with Crippen molar-refractivity contribution in [3.63, 3.8) is 0 Å². The minimum atomic E-state index is 0.598. The molecule has 0 amide bonds. The molecule has 0 radical (unpaired) electrons. The third-order valence-electron chi connectivity index (χ3n) is 2.39. The van der Waals surface area contributed by atoms with Crippen molar-refractivity contribution in [2.45, 2.75) is 25.2 Å². The maximum atomic E-state index is 9.36. The van der Waals surface area contributed by atoms with Gasteiger partial charge in [-0.25, -0.2) is 0 Å². The van der Waals surface area contributed by atoms with Crippen LogP contribution < -0.4 is 4.73 Å².